The van der Waals surface area contributed by atoms with Crippen LogP contribution in [0.1, 0.15) is 17.5 Å². The van der Waals surface area contributed by atoms with Gasteiger partial charge in [0.1, 0.15) is 6.42 Å². The number of aliphatic carboxylic acids is 1. The average Bonchev–Trinajstić information content (AvgIpc) is 2.71. The molecular weight excluding hydrogens is 238 g/mol. The van der Waals surface area contributed by atoms with Crippen LogP contribution in [0.25, 0.3) is 0 Å². The van der Waals surface area contributed by atoms with E-state index in [0.717, 1.165) is 11.1 Å². The van der Waals surface area contributed by atoms with E-state index in [4.69, 9.17) is 14.6 Å². The Labute approximate surface area is 104 Å². The smallest absolute Gasteiger partial charge is 0.312 e. The third-order valence-corrected chi connectivity index (χ3v) is 2.62. The predicted octanol–water partition coefficient (Wildman–Crippen LogP) is 0.815. The Kier molecular flexibility index (Phi) is 3.36. The second-order valence-corrected chi connectivity index (χ2v) is 3.98. The summed E-state index contributed by atoms with van der Waals surface area (Å²) >= 11 is 0. The zero-order valence-corrected chi connectivity index (χ0v) is 9.86. The number of amides is 1. The zero-order chi connectivity index (χ0) is 13.1. The van der Waals surface area contributed by atoms with Crippen LogP contribution in [0, 0.1) is 6.92 Å². The van der Waals surface area contributed by atoms with Crippen LogP contribution in [0.2, 0.25) is 0 Å². The van der Waals surface area contributed by atoms with E-state index in [0.29, 0.717) is 11.5 Å². The molecule has 1 aromatic rings. The summed E-state index contributed by atoms with van der Waals surface area (Å²) in [4.78, 5) is 21.6. The van der Waals surface area contributed by atoms with Gasteiger partial charge in [-0.25, -0.2) is 0 Å². The van der Waals surface area contributed by atoms with Crippen molar-refractivity contribution in [3.8, 4) is 11.5 Å². The molecule has 0 bridgehead atoms. The molecule has 0 spiro atoms. The summed E-state index contributed by atoms with van der Waals surface area (Å²) < 4.78 is 10.5. The first-order valence-electron chi connectivity index (χ1n) is 5.44. The van der Waals surface area contributed by atoms with Gasteiger partial charge in [-0.2, -0.15) is 0 Å². The number of hydrogen-bond acceptors (Lipinski definition) is 4. The molecule has 0 unspecified atom stereocenters. The van der Waals surface area contributed by atoms with Gasteiger partial charge in [0.25, 0.3) is 0 Å². The molecule has 0 radical (unpaired) electrons. The monoisotopic (exact) mass is 251 g/mol. The maximum Gasteiger partial charge on any atom is 0.312 e. The Balaban J connectivity index is 2.01. The van der Waals surface area contributed by atoms with E-state index in [-0.39, 0.29) is 13.3 Å². The summed E-state index contributed by atoms with van der Waals surface area (Å²) in [6.07, 6.45) is -0.524. The minimum atomic E-state index is -1.14. The van der Waals surface area contributed by atoms with Gasteiger partial charge in [0.15, 0.2) is 11.5 Å². The molecule has 1 aliphatic heterocycles. The van der Waals surface area contributed by atoms with Crippen molar-refractivity contribution in [3.63, 3.8) is 0 Å². The van der Waals surface area contributed by atoms with Gasteiger partial charge in [0.2, 0.25) is 12.7 Å². The number of carbonyl (C=O) groups excluding carboxylic acids is 1. The molecule has 6 nitrogen and oxygen atoms in total. The number of benzene rings is 1. The zero-order valence-electron chi connectivity index (χ0n) is 9.86. The highest BCUT2D eigenvalue weighted by atomic mass is 16.7. The molecule has 0 aromatic heterocycles. The summed E-state index contributed by atoms with van der Waals surface area (Å²) in [6.45, 7) is 2.36. The molecule has 1 aliphatic rings. The van der Waals surface area contributed by atoms with E-state index in [2.05, 4.69) is 5.32 Å². The summed E-state index contributed by atoms with van der Waals surface area (Å²) in [5.41, 5.74) is 1.83. The lowest BCUT2D eigenvalue weighted by Gasteiger charge is -2.08. The molecule has 1 amide bonds. The molecule has 0 aliphatic carbocycles. The fourth-order valence-corrected chi connectivity index (χ4v) is 1.67. The Morgan fingerprint density at radius 2 is 2.00 bits per heavy atom. The van der Waals surface area contributed by atoms with Crippen molar-refractivity contribution in [2.45, 2.75) is 19.9 Å². The second-order valence-electron chi connectivity index (χ2n) is 3.98. The predicted molar refractivity (Wildman–Crippen MR) is 61.4 cm³/mol. The van der Waals surface area contributed by atoms with E-state index in [9.17, 15) is 9.59 Å². The Bertz CT molecular complexity index is 497. The SMILES string of the molecule is Cc1cc2c(cc1CNC(=O)CC(=O)O)OCO2. The maximum absolute atomic E-state index is 11.2. The molecule has 1 aromatic carbocycles. The van der Waals surface area contributed by atoms with E-state index in [1.165, 1.54) is 0 Å². The maximum atomic E-state index is 11.2. The molecule has 0 saturated heterocycles. The molecule has 0 fully saturated rings. The highest BCUT2D eigenvalue weighted by molar-refractivity contribution is 5.93. The van der Waals surface area contributed by atoms with Gasteiger partial charge >= 0.3 is 5.97 Å². The van der Waals surface area contributed by atoms with Gasteiger partial charge in [-0.05, 0) is 30.2 Å². The topological polar surface area (TPSA) is 84.9 Å². The first-order valence-corrected chi connectivity index (χ1v) is 5.44. The van der Waals surface area contributed by atoms with E-state index >= 15 is 0 Å². The fraction of sp³-hybridized carbons (Fsp3) is 0.333. The van der Waals surface area contributed by atoms with Gasteiger partial charge in [0, 0.05) is 6.54 Å². The number of hydrogen-bond donors (Lipinski definition) is 2. The third-order valence-electron chi connectivity index (χ3n) is 2.62. The second kappa shape index (κ2) is 4.95. The van der Waals surface area contributed by atoms with Crippen molar-refractivity contribution in [3.05, 3.63) is 23.3 Å². The molecule has 2 N–H and O–H groups in total. The van der Waals surface area contributed by atoms with E-state index < -0.39 is 18.3 Å². The van der Waals surface area contributed by atoms with E-state index in [1.807, 2.05) is 13.0 Å². The molecule has 1 heterocycles. The number of rotatable bonds is 4. The summed E-state index contributed by atoms with van der Waals surface area (Å²) in [5.74, 6) is -0.328. The minimum Gasteiger partial charge on any atom is -0.481 e. The van der Waals surface area contributed by atoms with Gasteiger partial charge in [-0.3, -0.25) is 9.59 Å². The average molecular weight is 251 g/mol. The normalized spacial score (nSPS) is 12.3. The van der Waals surface area contributed by atoms with Crippen LogP contribution >= 0.6 is 0 Å². The summed E-state index contributed by atoms with van der Waals surface area (Å²) in [7, 11) is 0. The number of carbonyl (C=O) groups is 2. The first-order chi connectivity index (χ1) is 8.56. The largest absolute Gasteiger partial charge is 0.481 e. The van der Waals surface area contributed by atoms with Crippen molar-refractivity contribution in [1.82, 2.24) is 5.32 Å². The van der Waals surface area contributed by atoms with Gasteiger partial charge in [-0.1, -0.05) is 0 Å². The lowest BCUT2D eigenvalue weighted by atomic mass is 10.1. The van der Waals surface area contributed by atoms with Crippen LogP contribution in [-0.4, -0.2) is 23.8 Å². The number of carboxylic acids is 1. The summed E-state index contributed by atoms with van der Waals surface area (Å²) in [6, 6.07) is 3.62. The molecule has 6 heteroatoms. The van der Waals surface area contributed by atoms with Crippen molar-refractivity contribution in [1.29, 1.82) is 0 Å². The molecule has 2 rings (SSSR count). The molecular formula is C12H13NO5. The number of fused-ring (bicyclic) bond motifs is 1. The highest BCUT2D eigenvalue weighted by Gasteiger charge is 2.16. The Morgan fingerprint density at radius 3 is 2.67 bits per heavy atom. The van der Waals surface area contributed by atoms with Crippen LogP contribution < -0.4 is 14.8 Å². The molecule has 0 atom stereocenters. The number of aryl methyl sites for hydroxylation is 1. The van der Waals surface area contributed by atoms with Crippen LogP contribution in [0.5, 0.6) is 11.5 Å². The molecule has 96 valence electrons. The molecule has 0 saturated carbocycles. The number of ether oxygens (including phenoxy) is 2. The van der Waals surface area contributed by atoms with Crippen LogP contribution in [-0.2, 0) is 16.1 Å². The van der Waals surface area contributed by atoms with Crippen molar-refractivity contribution in [2.75, 3.05) is 6.79 Å². The lowest BCUT2D eigenvalue weighted by molar-refractivity contribution is -0.140. The molecule has 18 heavy (non-hydrogen) atoms. The number of carboxylic acid groups (broad SMARTS) is 1. The van der Waals surface area contributed by atoms with Crippen molar-refractivity contribution in [2.24, 2.45) is 0 Å². The van der Waals surface area contributed by atoms with E-state index in [1.54, 1.807) is 6.07 Å². The standard InChI is InChI=1S/C12H13NO5/c1-7-2-9-10(18-6-17-9)3-8(7)5-13-11(14)4-12(15)16/h2-3H,4-6H2,1H3,(H,13,14)(H,15,16). The van der Waals surface area contributed by atoms with Crippen LogP contribution in [0.15, 0.2) is 12.1 Å². The quantitative estimate of drug-likeness (QED) is 0.774. The highest BCUT2D eigenvalue weighted by Crippen LogP contribution is 2.34. The Morgan fingerprint density at radius 1 is 1.33 bits per heavy atom. The van der Waals surface area contributed by atoms with Crippen LogP contribution in [0.4, 0.5) is 0 Å². The minimum absolute atomic E-state index is 0.198. The number of nitrogens with one attached hydrogen (secondary N) is 1. The van der Waals surface area contributed by atoms with Gasteiger partial charge < -0.3 is 19.9 Å². The van der Waals surface area contributed by atoms with Gasteiger partial charge in [0.05, 0.1) is 0 Å². The van der Waals surface area contributed by atoms with Crippen molar-refractivity contribution >= 4 is 11.9 Å². The fourth-order valence-electron chi connectivity index (χ4n) is 1.67. The summed E-state index contributed by atoms with van der Waals surface area (Å²) in [5, 5.41) is 11.0. The van der Waals surface area contributed by atoms with Crippen LogP contribution in [0.3, 0.4) is 0 Å². The van der Waals surface area contributed by atoms with Gasteiger partial charge in [-0.15, -0.1) is 0 Å². The third kappa shape index (κ3) is 2.71. The first kappa shape index (κ1) is 12.2. The van der Waals surface area contributed by atoms with Crippen molar-refractivity contribution < 1.29 is 24.2 Å². The lowest BCUT2D eigenvalue weighted by Crippen LogP contribution is -2.25. The Hall–Kier alpha value is -2.24.